The molecule has 0 fully saturated rings. The Morgan fingerprint density at radius 1 is 0.646 bits per heavy atom. The van der Waals surface area contributed by atoms with Crippen LogP contribution in [0.4, 0.5) is 58.4 Å². The van der Waals surface area contributed by atoms with Gasteiger partial charge < -0.3 is 5.11 Å². The molecule has 1 unspecified atom stereocenters. The molecular formula is C32H27F12MoNO2-2. The van der Waals surface area contributed by atoms with E-state index in [0.29, 0.717) is 24.1 Å². The van der Waals surface area contributed by atoms with Crippen molar-refractivity contribution >= 4 is 5.69 Å². The van der Waals surface area contributed by atoms with Gasteiger partial charge in [-0.05, 0) is 0 Å². The molecule has 48 heavy (non-hydrogen) atoms. The molecule has 0 spiro atoms. The van der Waals surface area contributed by atoms with Crippen LogP contribution in [0.5, 0.6) is 0 Å². The summed E-state index contributed by atoms with van der Waals surface area (Å²) in [5.41, 5.74) is -14.2. The summed E-state index contributed by atoms with van der Waals surface area (Å²) < 4.78 is 180. The van der Waals surface area contributed by atoms with E-state index in [0.717, 1.165) is 49.7 Å². The van der Waals surface area contributed by atoms with Gasteiger partial charge in [0.05, 0.1) is 0 Å². The topological polar surface area (TPSA) is 41.8 Å². The zero-order valence-electron chi connectivity index (χ0n) is 25.1. The molecule has 0 amide bonds. The third kappa shape index (κ3) is 7.28. The molecule has 1 N–H and O–H groups in total. The Labute approximate surface area is 279 Å². The zero-order valence-corrected chi connectivity index (χ0v) is 27.1. The number of hydrogen-bond acceptors (Lipinski definition) is 3. The molecule has 0 bridgehead atoms. The van der Waals surface area contributed by atoms with Crippen molar-refractivity contribution in [3.63, 3.8) is 0 Å². The van der Waals surface area contributed by atoms with Crippen LogP contribution < -0.4 is 0 Å². The molecule has 0 heterocycles. The average molecular weight is 781 g/mol. The van der Waals surface area contributed by atoms with Crippen LogP contribution in [0, 0.1) is 12.8 Å². The van der Waals surface area contributed by atoms with Crippen LogP contribution in [-0.4, -0.2) is 29.8 Å². The third-order valence-electron chi connectivity index (χ3n) is 7.59. The maximum absolute atomic E-state index is 14.9. The Morgan fingerprint density at radius 2 is 1.08 bits per heavy atom. The van der Waals surface area contributed by atoms with Crippen molar-refractivity contribution in [3.8, 4) is 0 Å². The number of hydrogen-bond donors (Lipinski definition) is 1. The first-order valence-electron chi connectivity index (χ1n) is 13.9. The Balaban J connectivity index is 2.11. The van der Waals surface area contributed by atoms with Gasteiger partial charge in [0.1, 0.15) is 0 Å². The summed E-state index contributed by atoms with van der Waals surface area (Å²) in [5, 5.41) is 9.89. The fourth-order valence-corrected chi connectivity index (χ4v) is 5.77. The van der Waals surface area contributed by atoms with Crippen molar-refractivity contribution in [2.75, 3.05) is 0 Å². The minimum atomic E-state index is -6.24. The normalized spacial score (nSPS) is 14.2. The molecular weight excluding hydrogens is 754 g/mol. The number of nitrogens with zero attached hydrogens (tertiary/aromatic N) is 1. The number of rotatable bonds is 11. The van der Waals surface area contributed by atoms with Crippen LogP contribution >= 0.6 is 0 Å². The summed E-state index contributed by atoms with van der Waals surface area (Å²) in [4.78, 5) is 0. The van der Waals surface area contributed by atoms with Gasteiger partial charge in [0, 0.05) is 0 Å². The summed E-state index contributed by atoms with van der Waals surface area (Å²) in [7, 11) is 0. The molecule has 0 aliphatic heterocycles. The minimum absolute atomic E-state index is 0.0579. The standard InChI is InChI=1S/C32H27F12NO2.Mo/c1-18(2)22-14-9-15-23(26(22)45)19(3)47-28(31(39,40)41,32(42,43)44)25-17-7-5-11-21(25)13-8-12-20-10-4-6-16-24(20)27(46,29(33,34)35)30(36,37)38;/h4-7,9-19,46H,8H2,1-3H3;/q-2;. The van der Waals surface area contributed by atoms with Gasteiger partial charge >= 0.3 is 213 Å². The summed E-state index contributed by atoms with van der Waals surface area (Å²) in [6, 6.07) is 10.7. The van der Waals surface area contributed by atoms with Crippen LogP contribution in [0.1, 0.15) is 72.6 Å². The van der Waals surface area contributed by atoms with Crippen LogP contribution in [0.15, 0.2) is 70.2 Å². The van der Waals surface area contributed by atoms with Crippen molar-refractivity contribution in [2.45, 2.75) is 75.1 Å². The van der Waals surface area contributed by atoms with Crippen molar-refractivity contribution in [1.82, 2.24) is 0 Å². The van der Waals surface area contributed by atoms with Gasteiger partial charge in [-0.2, -0.15) is 32.4 Å². The molecule has 3 aromatic rings. The molecule has 0 saturated heterocycles. The summed E-state index contributed by atoms with van der Waals surface area (Å²) >= 11 is 1.24. The van der Waals surface area contributed by atoms with E-state index >= 15 is 0 Å². The number of ether oxygens (including phenoxy) is 1. The SMILES string of the molecule is CC(C)c1cccc(C(C)OC(c2ccccc2[CH-]C[CH-]c2ccccc2C(O)(C(F)(F)F)C(F)(F)F)(C(F)(F)F)C(F)(F)F)c1[N]=[Mo]. The third-order valence-corrected chi connectivity index (χ3v) is 8.04. The molecule has 0 saturated carbocycles. The second-order valence-electron chi connectivity index (χ2n) is 11.0. The zero-order chi connectivity index (χ0) is 36.5. The molecule has 0 radical (unpaired) electrons. The van der Waals surface area contributed by atoms with E-state index in [4.69, 9.17) is 4.74 Å². The molecule has 0 aliphatic carbocycles. The van der Waals surface area contributed by atoms with E-state index in [9.17, 15) is 57.8 Å². The first-order chi connectivity index (χ1) is 22.0. The van der Waals surface area contributed by atoms with E-state index in [2.05, 4.69) is 3.50 Å². The molecule has 0 aromatic heterocycles. The molecule has 264 valence electrons. The van der Waals surface area contributed by atoms with E-state index in [-0.39, 0.29) is 17.2 Å². The first-order valence-corrected chi connectivity index (χ1v) is 14.8. The molecule has 3 rings (SSSR count). The first kappa shape index (κ1) is 39.4. The number of benzene rings is 3. The number of aliphatic hydroxyl groups is 1. The predicted molar refractivity (Wildman–Crippen MR) is 146 cm³/mol. The van der Waals surface area contributed by atoms with Crippen molar-refractivity contribution in [3.05, 3.63) is 113 Å². The molecule has 1 atom stereocenters. The summed E-state index contributed by atoms with van der Waals surface area (Å²) in [5.74, 6) is -0.201. The van der Waals surface area contributed by atoms with Crippen LogP contribution in [0.3, 0.4) is 0 Å². The summed E-state index contributed by atoms with van der Waals surface area (Å²) in [6.07, 6.45) is -25.9. The van der Waals surface area contributed by atoms with Gasteiger partial charge in [-0.15, -0.1) is 12.1 Å². The van der Waals surface area contributed by atoms with Gasteiger partial charge in [0.2, 0.25) is 5.60 Å². The van der Waals surface area contributed by atoms with E-state index in [1.54, 1.807) is 19.9 Å². The molecule has 3 aromatic carbocycles. The molecule has 0 aliphatic rings. The number of halogens is 12. The van der Waals surface area contributed by atoms with E-state index < -0.39 is 70.7 Å². The Morgan fingerprint density at radius 3 is 1.52 bits per heavy atom. The quantitative estimate of drug-likeness (QED) is 0.120. The summed E-state index contributed by atoms with van der Waals surface area (Å²) in [6.45, 7) is 4.51. The number of alkyl halides is 12. The van der Waals surface area contributed by atoms with Crippen LogP contribution in [0.2, 0.25) is 0 Å². The second-order valence-corrected chi connectivity index (χ2v) is 11.4. The van der Waals surface area contributed by atoms with E-state index in [1.807, 2.05) is 0 Å². The van der Waals surface area contributed by atoms with Crippen molar-refractivity contribution in [2.24, 2.45) is 3.50 Å². The van der Waals surface area contributed by atoms with Crippen LogP contribution in [0.25, 0.3) is 0 Å². The monoisotopic (exact) mass is 783 g/mol. The fourth-order valence-electron chi connectivity index (χ4n) is 5.25. The second kappa shape index (κ2) is 14.1. The van der Waals surface area contributed by atoms with Gasteiger partial charge in [-0.25, -0.2) is 0 Å². The van der Waals surface area contributed by atoms with Crippen LogP contribution in [-0.2, 0) is 35.6 Å². The van der Waals surface area contributed by atoms with Gasteiger partial charge in [-0.1, -0.05) is 11.6 Å². The van der Waals surface area contributed by atoms with Crippen molar-refractivity contribution < 1.29 is 82.2 Å². The van der Waals surface area contributed by atoms with Crippen molar-refractivity contribution in [1.29, 1.82) is 0 Å². The Kier molecular flexibility index (Phi) is 11.5. The van der Waals surface area contributed by atoms with Gasteiger partial charge in [0.25, 0.3) is 0 Å². The van der Waals surface area contributed by atoms with Gasteiger partial charge in [-0.3, -0.25) is 0 Å². The fraction of sp³-hybridized carbons (Fsp3) is 0.375. The van der Waals surface area contributed by atoms with E-state index in [1.165, 1.54) is 31.8 Å². The predicted octanol–water partition coefficient (Wildman–Crippen LogP) is 10.8. The Bertz CT molecular complexity index is 1550. The van der Waals surface area contributed by atoms with Gasteiger partial charge in [0.15, 0.2) is 0 Å². The Hall–Kier alpha value is -3.03. The molecule has 3 nitrogen and oxygen atoms in total. The maximum atomic E-state index is 14.9. The molecule has 16 heteroatoms. The average Bonchev–Trinajstić information content (AvgIpc) is 2.97.